The van der Waals surface area contributed by atoms with Crippen molar-refractivity contribution in [1.29, 1.82) is 0 Å². The molecule has 2 aromatic rings. The quantitative estimate of drug-likeness (QED) is 0.433. The van der Waals surface area contributed by atoms with Crippen LogP contribution in [0.15, 0.2) is 60.2 Å². The predicted molar refractivity (Wildman–Crippen MR) is 122 cm³/mol. The van der Waals surface area contributed by atoms with Crippen molar-refractivity contribution in [2.75, 3.05) is 19.8 Å². The van der Waals surface area contributed by atoms with E-state index in [9.17, 15) is 4.79 Å². The van der Waals surface area contributed by atoms with Gasteiger partial charge in [0.25, 0.3) is 0 Å². The van der Waals surface area contributed by atoms with Crippen LogP contribution < -0.4 is 0 Å². The first kappa shape index (κ1) is 20.3. The zero-order valence-corrected chi connectivity index (χ0v) is 18.3. The summed E-state index contributed by atoms with van der Waals surface area (Å²) in [6.45, 7) is 3.95. The molecule has 4 nitrogen and oxygen atoms in total. The van der Waals surface area contributed by atoms with Crippen LogP contribution in [0.1, 0.15) is 56.1 Å². The van der Waals surface area contributed by atoms with Crippen LogP contribution in [0.3, 0.4) is 0 Å². The lowest BCUT2D eigenvalue weighted by atomic mass is 9.84. The van der Waals surface area contributed by atoms with Gasteiger partial charge in [0.05, 0.1) is 12.6 Å². The van der Waals surface area contributed by atoms with Crippen LogP contribution in [0.2, 0.25) is 0 Å². The van der Waals surface area contributed by atoms with Gasteiger partial charge in [0, 0.05) is 18.6 Å². The number of amides is 1. The van der Waals surface area contributed by atoms with Gasteiger partial charge in [0.2, 0.25) is 0 Å². The molecule has 2 aliphatic heterocycles. The van der Waals surface area contributed by atoms with E-state index in [2.05, 4.69) is 54.6 Å². The summed E-state index contributed by atoms with van der Waals surface area (Å²) in [6.07, 6.45) is 7.34. The second-order valence-corrected chi connectivity index (χ2v) is 8.84. The molecule has 0 aromatic heterocycles. The maximum Gasteiger partial charge on any atom is 0.410 e. The minimum atomic E-state index is -0.156. The number of ether oxygens (including phenoxy) is 2. The van der Waals surface area contributed by atoms with Crippen molar-refractivity contribution in [3.63, 3.8) is 0 Å². The molecule has 2 aromatic carbocycles. The van der Waals surface area contributed by atoms with E-state index in [-0.39, 0.29) is 24.1 Å². The van der Waals surface area contributed by atoms with Crippen molar-refractivity contribution < 1.29 is 14.3 Å². The Kier molecular flexibility index (Phi) is 5.82. The van der Waals surface area contributed by atoms with Crippen molar-refractivity contribution in [3.8, 4) is 11.1 Å². The summed E-state index contributed by atoms with van der Waals surface area (Å²) in [5.74, 6) is 0.110. The molecule has 2 heterocycles. The molecule has 2 unspecified atom stereocenters. The van der Waals surface area contributed by atoms with E-state index in [1.165, 1.54) is 34.2 Å². The fraction of sp³-hybridized carbons (Fsp3) is 0.444. The van der Waals surface area contributed by atoms with Gasteiger partial charge in [0.15, 0.2) is 0 Å². The monoisotopic (exact) mass is 417 g/mol. The molecule has 0 spiro atoms. The number of rotatable bonds is 6. The fourth-order valence-corrected chi connectivity index (χ4v) is 5.60. The number of nitrogens with zero attached hydrogens (tertiary/aromatic N) is 1. The average molecular weight is 418 g/mol. The van der Waals surface area contributed by atoms with Crippen LogP contribution >= 0.6 is 0 Å². The second kappa shape index (κ2) is 8.88. The molecule has 162 valence electrons. The maximum absolute atomic E-state index is 13.2. The Balaban J connectivity index is 1.29. The Morgan fingerprint density at radius 3 is 2.42 bits per heavy atom. The van der Waals surface area contributed by atoms with Crippen molar-refractivity contribution in [2.45, 2.75) is 57.0 Å². The van der Waals surface area contributed by atoms with Gasteiger partial charge in [-0.25, -0.2) is 4.79 Å². The Morgan fingerprint density at radius 1 is 1.03 bits per heavy atom. The number of hydrogen-bond donors (Lipinski definition) is 0. The van der Waals surface area contributed by atoms with E-state index in [0.717, 1.165) is 38.9 Å². The van der Waals surface area contributed by atoms with E-state index >= 15 is 0 Å². The molecule has 0 N–H and O–H groups in total. The second-order valence-electron chi connectivity index (χ2n) is 8.84. The van der Waals surface area contributed by atoms with Gasteiger partial charge < -0.3 is 9.47 Å². The van der Waals surface area contributed by atoms with Crippen LogP contribution in [0, 0.1) is 0 Å². The molecule has 1 saturated heterocycles. The van der Waals surface area contributed by atoms with Gasteiger partial charge in [-0.3, -0.25) is 4.90 Å². The van der Waals surface area contributed by atoms with Gasteiger partial charge in [-0.1, -0.05) is 60.2 Å². The number of carbonyl (C=O) groups excluding carboxylic acids is 1. The van der Waals surface area contributed by atoms with Crippen LogP contribution in [-0.2, 0) is 9.47 Å². The number of fused-ring (bicyclic) bond motifs is 5. The van der Waals surface area contributed by atoms with Crippen LogP contribution in [0.25, 0.3) is 11.1 Å². The molecule has 1 fully saturated rings. The Morgan fingerprint density at radius 2 is 1.74 bits per heavy atom. The third-order valence-electron chi connectivity index (χ3n) is 7.03. The third kappa shape index (κ3) is 3.89. The van der Waals surface area contributed by atoms with E-state index in [1.54, 1.807) is 0 Å². The minimum Gasteiger partial charge on any atom is -0.448 e. The van der Waals surface area contributed by atoms with Crippen LogP contribution in [0.5, 0.6) is 0 Å². The first-order valence-corrected chi connectivity index (χ1v) is 11.7. The molecule has 4 heteroatoms. The molecule has 5 rings (SSSR count). The largest absolute Gasteiger partial charge is 0.448 e. The van der Waals surface area contributed by atoms with Crippen molar-refractivity contribution in [2.24, 2.45) is 0 Å². The Hall–Kier alpha value is -2.59. The van der Waals surface area contributed by atoms with Crippen molar-refractivity contribution >= 4 is 6.09 Å². The highest BCUT2D eigenvalue weighted by Crippen LogP contribution is 2.44. The van der Waals surface area contributed by atoms with Crippen molar-refractivity contribution in [1.82, 2.24) is 4.90 Å². The first-order chi connectivity index (χ1) is 15.3. The standard InChI is InChI=1S/C27H31NO3/c1-2-30-15-14-19-16-20-8-7-9-21(17-19)28(20)27(29)31-18-26-24-12-5-3-10-22(24)23-11-4-6-13-25(23)26/h3-6,10-13,16,20-21,26H,2,7-9,14-15,17-18H2,1H3. The molecule has 2 atom stereocenters. The Labute approximate surface area is 184 Å². The van der Waals surface area contributed by atoms with Crippen molar-refractivity contribution in [3.05, 3.63) is 71.3 Å². The predicted octanol–water partition coefficient (Wildman–Crippen LogP) is 5.92. The summed E-state index contributed by atoms with van der Waals surface area (Å²) >= 11 is 0. The number of benzene rings is 2. The zero-order valence-electron chi connectivity index (χ0n) is 18.3. The summed E-state index contributed by atoms with van der Waals surface area (Å²) in [5, 5.41) is 0. The molecular formula is C27H31NO3. The summed E-state index contributed by atoms with van der Waals surface area (Å²) in [4.78, 5) is 15.2. The topological polar surface area (TPSA) is 38.8 Å². The normalized spacial score (nSPS) is 22.0. The zero-order chi connectivity index (χ0) is 21.2. The lowest BCUT2D eigenvalue weighted by Gasteiger charge is -2.44. The van der Waals surface area contributed by atoms with Gasteiger partial charge >= 0.3 is 6.09 Å². The van der Waals surface area contributed by atoms with E-state index in [1.807, 2.05) is 11.8 Å². The summed E-state index contributed by atoms with van der Waals surface area (Å²) < 4.78 is 11.5. The molecule has 0 radical (unpaired) electrons. The molecule has 0 saturated carbocycles. The fourth-order valence-electron chi connectivity index (χ4n) is 5.60. The van der Waals surface area contributed by atoms with Gasteiger partial charge in [-0.05, 0) is 61.3 Å². The van der Waals surface area contributed by atoms with E-state index < -0.39 is 0 Å². The highest BCUT2D eigenvalue weighted by molar-refractivity contribution is 5.79. The van der Waals surface area contributed by atoms with Crippen LogP contribution in [-0.4, -0.2) is 42.9 Å². The SMILES string of the molecule is CCOCCC1=CC2CCCC(C1)N2C(=O)OCC1c2ccccc2-c2ccccc21. The van der Waals surface area contributed by atoms with E-state index in [4.69, 9.17) is 9.47 Å². The Bertz CT molecular complexity index is 936. The summed E-state index contributed by atoms with van der Waals surface area (Å²) in [5.41, 5.74) is 6.47. The van der Waals surface area contributed by atoms with Gasteiger partial charge in [-0.2, -0.15) is 0 Å². The lowest BCUT2D eigenvalue weighted by molar-refractivity contribution is 0.0500. The van der Waals surface area contributed by atoms with Gasteiger partial charge in [0.1, 0.15) is 6.61 Å². The first-order valence-electron chi connectivity index (χ1n) is 11.7. The smallest absolute Gasteiger partial charge is 0.410 e. The molecular weight excluding hydrogens is 386 g/mol. The maximum atomic E-state index is 13.2. The van der Waals surface area contributed by atoms with Gasteiger partial charge in [-0.15, -0.1) is 0 Å². The average Bonchev–Trinajstić information content (AvgIpc) is 3.11. The highest BCUT2D eigenvalue weighted by Gasteiger charge is 2.38. The highest BCUT2D eigenvalue weighted by atomic mass is 16.6. The molecule has 1 aliphatic carbocycles. The number of piperidine rings is 1. The molecule has 2 bridgehead atoms. The lowest BCUT2D eigenvalue weighted by Crippen LogP contribution is -2.52. The number of carbonyl (C=O) groups is 1. The molecule has 31 heavy (non-hydrogen) atoms. The summed E-state index contributed by atoms with van der Waals surface area (Å²) in [7, 11) is 0. The summed E-state index contributed by atoms with van der Waals surface area (Å²) in [6, 6.07) is 17.4. The molecule has 3 aliphatic rings. The molecule has 1 amide bonds. The van der Waals surface area contributed by atoms with E-state index in [0.29, 0.717) is 6.61 Å². The third-order valence-corrected chi connectivity index (χ3v) is 7.03. The minimum absolute atomic E-state index is 0.110. The number of hydrogen-bond acceptors (Lipinski definition) is 3. The van der Waals surface area contributed by atoms with Crippen LogP contribution in [0.4, 0.5) is 4.79 Å².